The summed E-state index contributed by atoms with van der Waals surface area (Å²) < 4.78 is 7.01. The van der Waals surface area contributed by atoms with E-state index in [0.29, 0.717) is 0 Å². The van der Waals surface area contributed by atoms with Crippen LogP contribution in [0.4, 0.5) is 0 Å². The van der Waals surface area contributed by atoms with Gasteiger partial charge >= 0.3 is 0 Å². The first-order valence-corrected chi connectivity index (χ1v) is 8.03. The van der Waals surface area contributed by atoms with Crippen LogP contribution in [0.2, 0.25) is 0 Å². The molecule has 0 fully saturated rings. The smallest absolute Gasteiger partial charge is 0.141 e. The SMILES string of the molecule is Cc1cc(C)c(C)c(Oc2ccc(CBr)cc2Br)c1. The molecule has 2 aromatic rings. The quantitative estimate of drug-likeness (QED) is 0.585. The lowest BCUT2D eigenvalue weighted by Gasteiger charge is -2.13. The highest BCUT2D eigenvalue weighted by atomic mass is 79.9. The number of rotatable bonds is 3. The predicted octanol–water partition coefficient (Wildman–Crippen LogP) is 6.06. The molecule has 2 aromatic carbocycles. The molecule has 1 nitrogen and oxygen atoms in total. The topological polar surface area (TPSA) is 9.23 Å². The second kappa shape index (κ2) is 6.10. The molecule has 0 aliphatic carbocycles. The van der Waals surface area contributed by atoms with Crippen LogP contribution in [-0.2, 0) is 5.33 Å². The molecule has 0 heterocycles. The van der Waals surface area contributed by atoms with Crippen molar-refractivity contribution in [1.82, 2.24) is 0 Å². The van der Waals surface area contributed by atoms with E-state index >= 15 is 0 Å². The van der Waals surface area contributed by atoms with Gasteiger partial charge in [-0.05, 0) is 77.2 Å². The van der Waals surface area contributed by atoms with Gasteiger partial charge in [0.2, 0.25) is 0 Å². The van der Waals surface area contributed by atoms with E-state index < -0.39 is 0 Å². The average Bonchev–Trinajstić information content (AvgIpc) is 2.37. The molecule has 3 heteroatoms. The Labute approximate surface area is 131 Å². The van der Waals surface area contributed by atoms with Gasteiger partial charge in [-0.1, -0.05) is 28.1 Å². The zero-order chi connectivity index (χ0) is 14.0. The van der Waals surface area contributed by atoms with Gasteiger partial charge in [0.1, 0.15) is 11.5 Å². The summed E-state index contributed by atoms with van der Waals surface area (Å²) in [7, 11) is 0. The Morgan fingerprint density at radius 2 is 1.74 bits per heavy atom. The van der Waals surface area contributed by atoms with E-state index in [9.17, 15) is 0 Å². The summed E-state index contributed by atoms with van der Waals surface area (Å²) in [5, 5.41) is 0.842. The molecular formula is C16H16Br2O. The molecule has 2 rings (SSSR count). The van der Waals surface area contributed by atoms with Gasteiger partial charge in [0.15, 0.2) is 0 Å². The van der Waals surface area contributed by atoms with Crippen LogP contribution in [0.5, 0.6) is 11.5 Å². The van der Waals surface area contributed by atoms with Crippen molar-refractivity contribution in [3.8, 4) is 11.5 Å². The molecular weight excluding hydrogens is 368 g/mol. The van der Waals surface area contributed by atoms with Crippen LogP contribution in [0.15, 0.2) is 34.8 Å². The highest BCUT2D eigenvalue weighted by molar-refractivity contribution is 9.10. The summed E-state index contributed by atoms with van der Waals surface area (Å²) in [6, 6.07) is 10.4. The van der Waals surface area contributed by atoms with Crippen molar-refractivity contribution < 1.29 is 4.74 Å². The first-order chi connectivity index (χ1) is 9.01. The van der Waals surface area contributed by atoms with Crippen LogP contribution < -0.4 is 4.74 Å². The first kappa shape index (κ1) is 14.6. The number of hydrogen-bond acceptors (Lipinski definition) is 1. The molecule has 0 aliphatic heterocycles. The van der Waals surface area contributed by atoms with E-state index in [4.69, 9.17) is 4.74 Å². The molecule has 19 heavy (non-hydrogen) atoms. The summed E-state index contributed by atoms with van der Waals surface area (Å²) >= 11 is 7.01. The van der Waals surface area contributed by atoms with Crippen molar-refractivity contribution in [2.45, 2.75) is 26.1 Å². The third kappa shape index (κ3) is 3.40. The third-order valence-electron chi connectivity index (χ3n) is 3.13. The van der Waals surface area contributed by atoms with E-state index in [1.807, 2.05) is 6.07 Å². The summed E-state index contributed by atoms with van der Waals surface area (Å²) in [6.07, 6.45) is 0. The Morgan fingerprint density at radius 3 is 2.37 bits per heavy atom. The van der Waals surface area contributed by atoms with Gasteiger partial charge in [-0.25, -0.2) is 0 Å². The van der Waals surface area contributed by atoms with E-state index in [0.717, 1.165) is 21.3 Å². The van der Waals surface area contributed by atoms with Crippen LogP contribution in [0, 0.1) is 20.8 Å². The highest BCUT2D eigenvalue weighted by Crippen LogP contribution is 2.33. The fourth-order valence-corrected chi connectivity index (χ4v) is 2.79. The molecule has 0 unspecified atom stereocenters. The van der Waals surface area contributed by atoms with E-state index in [1.165, 1.54) is 22.3 Å². The van der Waals surface area contributed by atoms with Gasteiger partial charge < -0.3 is 4.74 Å². The maximum atomic E-state index is 6.04. The van der Waals surface area contributed by atoms with Gasteiger partial charge in [-0.2, -0.15) is 0 Å². The monoisotopic (exact) mass is 382 g/mol. The van der Waals surface area contributed by atoms with E-state index in [-0.39, 0.29) is 0 Å². The van der Waals surface area contributed by atoms with E-state index in [1.54, 1.807) is 0 Å². The minimum Gasteiger partial charge on any atom is -0.456 e. The molecule has 0 radical (unpaired) electrons. The van der Waals surface area contributed by atoms with Crippen molar-refractivity contribution in [3.05, 3.63) is 57.1 Å². The molecule has 0 saturated carbocycles. The minimum absolute atomic E-state index is 0.842. The van der Waals surface area contributed by atoms with E-state index in [2.05, 4.69) is 76.9 Å². The lowest BCUT2D eigenvalue weighted by Crippen LogP contribution is -1.93. The minimum atomic E-state index is 0.842. The fourth-order valence-electron chi connectivity index (χ4n) is 1.94. The number of alkyl halides is 1. The molecule has 0 aromatic heterocycles. The lowest BCUT2D eigenvalue weighted by atomic mass is 10.1. The van der Waals surface area contributed by atoms with Gasteiger partial charge in [0.25, 0.3) is 0 Å². The maximum Gasteiger partial charge on any atom is 0.141 e. The Hall–Kier alpha value is -0.800. The Morgan fingerprint density at radius 1 is 1.00 bits per heavy atom. The molecule has 0 aliphatic rings. The number of hydrogen-bond donors (Lipinski definition) is 0. The van der Waals surface area contributed by atoms with Crippen molar-refractivity contribution >= 4 is 31.9 Å². The van der Waals surface area contributed by atoms with Crippen LogP contribution in [0.1, 0.15) is 22.3 Å². The second-order valence-electron chi connectivity index (χ2n) is 4.71. The molecule has 0 N–H and O–H groups in total. The zero-order valence-electron chi connectivity index (χ0n) is 11.3. The summed E-state index contributed by atoms with van der Waals surface area (Å²) in [6.45, 7) is 6.28. The number of halogens is 2. The average molecular weight is 384 g/mol. The molecule has 0 spiro atoms. The number of ether oxygens (including phenoxy) is 1. The second-order valence-corrected chi connectivity index (χ2v) is 6.12. The molecule has 0 atom stereocenters. The van der Waals surface area contributed by atoms with Crippen molar-refractivity contribution in [2.24, 2.45) is 0 Å². The highest BCUT2D eigenvalue weighted by Gasteiger charge is 2.08. The Bertz CT molecular complexity index is 606. The third-order valence-corrected chi connectivity index (χ3v) is 4.40. The van der Waals surface area contributed by atoms with Crippen LogP contribution in [0.25, 0.3) is 0 Å². The maximum absolute atomic E-state index is 6.04. The molecule has 0 amide bonds. The summed E-state index contributed by atoms with van der Waals surface area (Å²) in [5.41, 5.74) is 4.87. The number of aryl methyl sites for hydroxylation is 2. The molecule has 0 bridgehead atoms. The van der Waals surface area contributed by atoms with Crippen LogP contribution in [0.3, 0.4) is 0 Å². The zero-order valence-corrected chi connectivity index (χ0v) is 14.4. The van der Waals surface area contributed by atoms with Gasteiger partial charge in [0, 0.05) is 5.33 Å². The van der Waals surface area contributed by atoms with Crippen LogP contribution >= 0.6 is 31.9 Å². The molecule has 100 valence electrons. The van der Waals surface area contributed by atoms with Gasteiger partial charge in [-0.15, -0.1) is 0 Å². The van der Waals surface area contributed by atoms with Gasteiger partial charge in [0.05, 0.1) is 4.47 Å². The summed E-state index contributed by atoms with van der Waals surface area (Å²) in [5.74, 6) is 1.77. The number of benzene rings is 2. The van der Waals surface area contributed by atoms with Gasteiger partial charge in [-0.3, -0.25) is 0 Å². The first-order valence-electron chi connectivity index (χ1n) is 6.11. The Balaban J connectivity index is 2.36. The van der Waals surface area contributed by atoms with Crippen molar-refractivity contribution in [3.63, 3.8) is 0 Å². The van der Waals surface area contributed by atoms with Crippen LogP contribution in [-0.4, -0.2) is 0 Å². The van der Waals surface area contributed by atoms with Crippen molar-refractivity contribution in [2.75, 3.05) is 0 Å². The fraction of sp³-hybridized carbons (Fsp3) is 0.250. The summed E-state index contributed by atoms with van der Waals surface area (Å²) in [4.78, 5) is 0. The standard InChI is InChI=1S/C16H16Br2O/c1-10-6-11(2)12(3)16(7-10)19-15-5-4-13(9-17)8-14(15)18/h4-8H,9H2,1-3H3. The Kier molecular flexibility index (Phi) is 4.69. The predicted molar refractivity (Wildman–Crippen MR) is 87.5 cm³/mol. The normalized spacial score (nSPS) is 10.6. The van der Waals surface area contributed by atoms with Crippen molar-refractivity contribution in [1.29, 1.82) is 0 Å². The lowest BCUT2D eigenvalue weighted by molar-refractivity contribution is 0.475. The largest absolute Gasteiger partial charge is 0.456 e. The molecule has 0 saturated heterocycles.